The van der Waals surface area contributed by atoms with Crippen LogP contribution in [0.25, 0.3) is 0 Å². The summed E-state index contributed by atoms with van der Waals surface area (Å²) >= 11 is 0. The Labute approximate surface area is 108 Å². The highest BCUT2D eigenvalue weighted by Crippen LogP contribution is 2.28. The normalized spacial score (nSPS) is 23.2. The lowest BCUT2D eigenvalue weighted by atomic mass is 9.97. The summed E-state index contributed by atoms with van der Waals surface area (Å²) in [6, 6.07) is -0.00264. The predicted octanol–water partition coefficient (Wildman–Crippen LogP) is 2.27. The number of carbonyl (C=O) groups excluding carboxylic acids is 2. The summed E-state index contributed by atoms with van der Waals surface area (Å²) in [4.78, 5) is 22.9. The number of rotatable bonds is 3. The van der Waals surface area contributed by atoms with Crippen LogP contribution in [0.15, 0.2) is 0 Å². The Bertz CT molecular complexity index is 362. The number of nitrogens with one attached hydrogen (secondary N) is 1. The van der Waals surface area contributed by atoms with Crippen LogP contribution in [0, 0.1) is 18.3 Å². The van der Waals surface area contributed by atoms with Gasteiger partial charge in [-0.25, -0.2) is 4.79 Å². The van der Waals surface area contributed by atoms with Crippen molar-refractivity contribution in [3.05, 3.63) is 0 Å². The Kier molecular flexibility index (Phi) is 4.77. The van der Waals surface area contributed by atoms with Crippen molar-refractivity contribution >= 4 is 11.9 Å². The average molecular weight is 251 g/mol. The van der Waals surface area contributed by atoms with Gasteiger partial charge in [-0.05, 0) is 45.5 Å². The minimum atomic E-state index is -0.507. The number of amides is 1. The summed E-state index contributed by atoms with van der Waals surface area (Å²) in [7, 11) is 0. The standard InChI is InChI=1S/C14H21NO3/c1-5-11(16)9-10-7-6-8-12(10)15-13(17)18-14(2,3)4/h1,10,12H,6-9H2,2-4H3,(H,15,17)/t10-,12+/m0/s1. The molecule has 1 amide bonds. The third-order valence-electron chi connectivity index (χ3n) is 2.97. The number of Topliss-reactive ketones (excluding diaryl/α,β-unsaturated/α-hetero) is 1. The fourth-order valence-corrected chi connectivity index (χ4v) is 2.23. The number of ketones is 1. The molecule has 0 heterocycles. The van der Waals surface area contributed by atoms with Crippen LogP contribution in [0.4, 0.5) is 4.79 Å². The Morgan fingerprint density at radius 1 is 1.39 bits per heavy atom. The maximum Gasteiger partial charge on any atom is 0.407 e. The molecule has 4 heteroatoms. The first kappa shape index (κ1) is 14.6. The molecule has 1 rings (SSSR count). The number of terminal acetylenes is 1. The maximum absolute atomic E-state index is 11.7. The third kappa shape index (κ3) is 4.79. The lowest BCUT2D eigenvalue weighted by molar-refractivity contribution is -0.114. The zero-order valence-corrected chi connectivity index (χ0v) is 11.3. The van der Waals surface area contributed by atoms with E-state index in [1.165, 1.54) is 0 Å². The summed E-state index contributed by atoms with van der Waals surface area (Å²) in [5.74, 6) is 2.06. The molecule has 0 aliphatic heterocycles. The molecule has 0 aromatic rings. The van der Waals surface area contributed by atoms with E-state index in [9.17, 15) is 9.59 Å². The zero-order valence-electron chi connectivity index (χ0n) is 11.3. The number of alkyl carbamates (subject to hydrolysis) is 1. The Hall–Kier alpha value is -1.50. The molecule has 4 nitrogen and oxygen atoms in total. The summed E-state index contributed by atoms with van der Waals surface area (Å²) in [5.41, 5.74) is -0.507. The van der Waals surface area contributed by atoms with Gasteiger partial charge in [0.15, 0.2) is 0 Å². The van der Waals surface area contributed by atoms with Gasteiger partial charge in [0, 0.05) is 12.5 Å². The van der Waals surface area contributed by atoms with Crippen molar-refractivity contribution in [2.75, 3.05) is 0 Å². The Morgan fingerprint density at radius 2 is 2.06 bits per heavy atom. The van der Waals surface area contributed by atoms with Crippen molar-refractivity contribution in [2.24, 2.45) is 5.92 Å². The Morgan fingerprint density at radius 3 is 2.61 bits per heavy atom. The lowest BCUT2D eigenvalue weighted by Crippen LogP contribution is -2.41. The number of carbonyl (C=O) groups is 2. The summed E-state index contributed by atoms with van der Waals surface area (Å²) in [6.45, 7) is 5.46. The molecule has 0 bridgehead atoms. The van der Waals surface area contributed by atoms with Gasteiger partial charge in [0.25, 0.3) is 0 Å². The first-order valence-corrected chi connectivity index (χ1v) is 6.31. The second kappa shape index (κ2) is 5.90. The predicted molar refractivity (Wildman–Crippen MR) is 69.0 cm³/mol. The molecule has 18 heavy (non-hydrogen) atoms. The van der Waals surface area contributed by atoms with Crippen molar-refractivity contribution in [2.45, 2.75) is 58.1 Å². The molecule has 1 aliphatic carbocycles. The molecule has 1 aliphatic rings. The quantitative estimate of drug-likeness (QED) is 0.618. The third-order valence-corrected chi connectivity index (χ3v) is 2.97. The van der Waals surface area contributed by atoms with E-state index in [1.54, 1.807) is 0 Å². The van der Waals surface area contributed by atoms with Crippen LogP contribution in [0.1, 0.15) is 46.5 Å². The molecule has 0 radical (unpaired) electrons. The molecule has 1 fully saturated rings. The second-order valence-corrected chi connectivity index (χ2v) is 5.72. The molecule has 0 spiro atoms. The largest absolute Gasteiger partial charge is 0.444 e. The van der Waals surface area contributed by atoms with Gasteiger partial charge in [-0.15, -0.1) is 6.42 Å². The summed E-state index contributed by atoms with van der Waals surface area (Å²) in [5, 5.41) is 2.83. The molecule has 0 aromatic heterocycles. The SMILES string of the molecule is C#CC(=O)C[C@@H]1CCC[C@H]1NC(=O)OC(C)(C)C. The number of hydrogen-bond acceptors (Lipinski definition) is 3. The van der Waals surface area contributed by atoms with Crippen molar-refractivity contribution in [1.82, 2.24) is 5.32 Å². The van der Waals surface area contributed by atoms with Crippen LogP contribution in [-0.4, -0.2) is 23.5 Å². The fourth-order valence-electron chi connectivity index (χ4n) is 2.23. The lowest BCUT2D eigenvalue weighted by Gasteiger charge is -2.24. The number of hydrogen-bond donors (Lipinski definition) is 1. The highest BCUT2D eigenvalue weighted by molar-refractivity contribution is 5.95. The second-order valence-electron chi connectivity index (χ2n) is 5.72. The van der Waals surface area contributed by atoms with Crippen LogP contribution in [0.3, 0.4) is 0 Å². The molecular formula is C14H21NO3. The van der Waals surface area contributed by atoms with Gasteiger partial charge in [-0.2, -0.15) is 0 Å². The smallest absolute Gasteiger partial charge is 0.407 e. The van der Waals surface area contributed by atoms with Crippen LogP contribution in [0.5, 0.6) is 0 Å². The zero-order chi connectivity index (χ0) is 13.8. The van der Waals surface area contributed by atoms with E-state index >= 15 is 0 Å². The molecule has 1 N–H and O–H groups in total. The minimum absolute atomic E-state index is 0.00264. The highest BCUT2D eigenvalue weighted by atomic mass is 16.6. The van der Waals surface area contributed by atoms with E-state index in [-0.39, 0.29) is 17.7 Å². The average Bonchev–Trinajstić information content (AvgIpc) is 2.62. The van der Waals surface area contributed by atoms with E-state index in [2.05, 4.69) is 11.2 Å². The first-order valence-electron chi connectivity index (χ1n) is 6.31. The van der Waals surface area contributed by atoms with E-state index < -0.39 is 11.7 Å². The molecule has 2 atom stereocenters. The summed E-state index contributed by atoms with van der Waals surface area (Å²) < 4.78 is 5.20. The van der Waals surface area contributed by atoms with Crippen molar-refractivity contribution < 1.29 is 14.3 Å². The minimum Gasteiger partial charge on any atom is -0.444 e. The monoisotopic (exact) mass is 251 g/mol. The van der Waals surface area contributed by atoms with Gasteiger partial charge in [0.2, 0.25) is 5.78 Å². The van der Waals surface area contributed by atoms with Crippen LogP contribution < -0.4 is 5.32 Å². The molecule has 0 aromatic carbocycles. The van der Waals surface area contributed by atoms with Gasteiger partial charge < -0.3 is 10.1 Å². The molecule has 1 saturated carbocycles. The van der Waals surface area contributed by atoms with Gasteiger partial charge in [0.1, 0.15) is 5.60 Å². The van der Waals surface area contributed by atoms with E-state index in [0.29, 0.717) is 6.42 Å². The van der Waals surface area contributed by atoms with Crippen molar-refractivity contribution in [3.8, 4) is 12.3 Å². The fraction of sp³-hybridized carbons (Fsp3) is 0.714. The van der Waals surface area contributed by atoms with Gasteiger partial charge in [-0.3, -0.25) is 4.79 Å². The summed E-state index contributed by atoms with van der Waals surface area (Å²) in [6.07, 6.45) is 7.79. The Balaban J connectivity index is 2.48. The highest BCUT2D eigenvalue weighted by Gasteiger charge is 2.31. The topological polar surface area (TPSA) is 55.4 Å². The van der Waals surface area contributed by atoms with Crippen molar-refractivity contribution in [1.29, 1.82) is 0 Å². The molecule has 100 valence electrons. The van der Waals surface area contributed by atoms with Gasteiger partial charge in [-0.1, -0.05) is 6.42 Å². The number of ether oxygens (including phenoxy) is 1. The first-order chi connectivity index (χ1) is 8.31. The van der Waals surface area contributed by atoms with Gasteiger partial charge >= 0.3 is 6.09 Å². The molecule has 0 saturated heterocycles. The van der Waals surface area contributed by atoms with E-state index in [4.69, 9.17) is 11.2 Å². The molecule has 0 unspecified atom stereocenters. The van der Waals surface area contributed by atoms with E-state index in [1.807, 2.05) is 20.8 Å². The molecular weight excluding hydrogens is 230 g/mol. The van der Waals surface area contributed by atoms with Gasteiger partial charge in [0.05, 0.1) is 0 Å². The van der Waals surface area contributed by atoms with Crippen LogP contribution in [-0.2, 0) is 9.53 Å². The maximum atomic E-state index is 11.7. The van der Waals surface area contributed by atoms with Crippen LogP contribution in [0.2, 0.25) is 0 Å². The van der Waals surface area contributed by atoms with E-state index in [0.717, 1.165) is 19.3 Å². The van der Waals surface area contributed by atoms with Crippen LogP contribution >= 0.6 is 0 Å². The van der Waals surface area contributed by atoms with Crippen molar-refractivity contribution in [3.63, 3.8) is 0 Å².